The number of nitrogens with zero attached hydrogens (tertiary/aromatic N) is 2. The van der Waals surface area contributed by atoms with Gasteiger partial charge in [0.25, 0.3) is 0 Å². The van der Waals surface area contributed by atoms with E-state index in [1.807, 2.05) is 29.2 Å². The van der Waals surface area contributed by atoms with Gasteiger partial charge in [-0.15, -0.1) is 0 Å². The van der Waals surface area contributed by atoms with Crippen LogP contribution in [0, 0.1) is 6.92 Å². The molecule has 0 bridgehead atoms. The van der Waals surface area contributed by atoms with Crippen molar-refractivity contribution in [2.24, 2.45) is 0 Å². The molecule has 1 heterocycles. The summed E-state index contributed by atoms with van der Waals surface area (Å²) in [5.74, 6) is 0.822. The number of piperazine rings is 1. The number of carbonyl (C=O) groups is 1. The molecule has 0 unspecified atom stereocenters. The highest BCUT2D eigenvalue weighted by Gasteiger charge is 2.20. The summed E-state index contributed by atoms with van der Waals surface area (Å²) in [6, 6.07) is 16.3. The molecule has 5 nitrogen and oxygen atoms in total. The van der Waals surface area contributed by atoms with E-state index >= 15 is 0 Å². The van der Waals surface area contributed by atoms with Gasteiger partial charge < -0.3 is 19.9 Å². The molecule has 2 aromatic rings. The predicted octanol–water partition coefficient (Wildman–Crippen LogP) is 3.04. The van der Waals surface area contributed by atoms with Crippen molar-refractivity contribution in [3.8, 4) is 5.75 Å². The van der Waals surface area contributed by atoms with E-state index in [0.29, 0.717) is 6.54 Å². The molecule has 1 saturated heterocycles. The molecule has 0 spiro atoms. The van der Waals surface area contributed by atoms with Crippen molar-refractivity contribution in [1.29, 1.82) is 0 Å². The Morgan fingerprint density at radius 2 is 1.64 bits per heavy atom. The van der Waals surface area contributed by atoms with E-state index in [0.717, 1.165) is 37.5 Å². The number of urea groups is 1. The van der Waals surface area contributed by atoms with Gasteiger partial charge in [0, 0.05) is 38.4 Å². The second-order valence-corrected chi connectivity index (χ2v) is 6.32. The number of nitrogens with one attached hydrogen (secondary N) is 1. The fourth-order valence-electron chi connectivity index (χ4n) is 2.96. The van der Waals surface area contributed by atoms with E-state index in [-0.39, 0.29) is 6.03 Å². The topological polar surface area (TPSA) is 44.8 Å². The Kier molecular flexibility index (Phi) is 5.43. The molecule has 0 radical (unpaired) electrons. The number of hydrogen-bond donors (Lipinski definition) is 1. The SMILES string of the molecule is COc1ccc(CNC(=O)N2CCN(c3ccc(C)cc3)CC2)cc1. The summed E-state index contributed by atoms with van der Waals surface area (Å²) in [7, 11) is 1.65. The second-order valence-electron chi connectivity index (χ2n) is 6.32. The van der Waals surface area contributed by atoms with Gasteiger partial charge in [-0.3, -0.25) is 0 Å². The van der Waals surface area contributed by atoms with Crippen molar-refractivity contribution >= 4 is 11.7 Å². The average Bonchev–Trinajstić information content (AvgIpc) is 2.67. The Morgan fingerprint density at radius 3 is 2.24 bits per heavy atom. The summed E-state index contributed by atoms with van der Waals surface area (Å²) in [5, 5.41) is 3.00. The van der Waals surface area contributed by atoms with Crippen LogP contribution in [0.25, 0.3) is 0 Å². The molecule has 132 valence electrons. The molecule has 2 aromatic carbocycles. The highest BCUT2D eigenvalue weighted by atomic mass is 16.5. The molecular formula is C20H25N3O2. The van der Waals surface area contributed by atoms with Gasteiger partial charge >= 0.3 is 6.03 Å². The fourth-order valence-corrected chi connectivity index (χ4v) is 2.96. The molecule has 1 aliphatic rings. The molecule has 2 amide bonds. The number of benzene rings is 2. The normalized spacial score (nSPS) is 14.3. The second kappa shape index (κ2) is 7.92. The minimum absolute atomic E-state index is 0.000579. The summed E-state index contributed by atoms with van der Waals surface area (Å²) in [4.78, 5) is 16.6. The summed E-state index contributed by atoms with van der Waals surface area (Å²) in [6.45, 7) is 5.82. The zero-order valence-electron chi connectivity index (χ0n) is 14.9. The van der Waals surface area contributed by atoms with Gasteiger partial charge in [0.2, 0.25) is 0 Å². The van der Waals surface area contributed by atoms with Crippen LogP contribution in [0.5, 0.6) is 5.75 Å². The van der Waals surface area contributed by atoms with E-state index in [2.05, 4.69) is 41.4 Å². The maximum Gasteiger partial charge on any atom is 0.317 e. The zero-order chi connectivity index (χ0) is 17.6. The first kappa shape index (κ1) is 17.1. The third-order valence-electron chi connectivity index (χ3n) is 4.57. The molecule has 25 heavy (non-hydrogen) atoms. The van der Waals surface area contributed by atoms with E-state index in [1.165, 1.54) is 11.3 Å². The van der Waals surface area contributed by atoms with E-state index < -0.39 is 0 Å². The molecule has 1 fully saturated rings. The van der Waals surface area contributed by atoms with Gasteiger partial charge in [0.05, 0.1) is 7.11 Å². The van der Waals surface area contributed by atoms with Crippen molar-refractivity contribution in [3.05, 3.63) is 59.7 Å². The number of carbonyl (C=O) groups excluding carboxylic acids is 1. The fraction of sp³-hybridized carbons (Fsp3) is 0.350. The quantitative estimate of drug-likeness (QED) is 0.931. The minimum Gasteiger partial charge on any atom is -0.497 e. The maximum absolute atomic E-state index is 12.4. The Hall–Kier alpha value is -2.69. The highest BCUT2D eigenvalue weighted by Crippen LogP contribution is 2.17. The number of hydrogen-bond acceptors (Lipinski definition) is 3. The Labute approximate surface area is 149 Å². The van der Waals surface area contributed by atoms with Crippen molar-refractivity contribution in [1.82, 2.24) is 10.2 Å². The monoisotopic (exact) mass is 339 g/mol. The predicted molar refractivity (Wildman–Crippen MR) is 100 cm³/mol. The first-order valence-electron chi connectivity index (χ1n) is 8.63. The first-order chi connectivity index (χ1) is 12.2. The number of rotatable bonds is 4. The average molecular weight is 339 g/mol. The zero-order valence-corrected chi connectivity index (χ0v) is 14.9. The van der Waals surface area contributed by atoms with Crippen LogP contribution in [0.2, 0.25) is 0 Å². The molecule has 0 saturated carbocycles. The van der Waals surface area contributed by atoms with Crippen molar-refractivity contribution in [2.45, 2.75) is 13.5 Å². The summed E-state index contributed by atoms with van der Waals surface area (Å²) < 4.78 is 5.14. The van der Waals surface area contributed by atoms with Crippen LogP contribution in [0.1, 0.15) is 11.1 Å². The van der Waals surface area contributed by atoms with Crippen LogP contribution in [-0.2, 0) is 6.54 Å². The van der Waals surface area contributed by atoms with Crippen molar-refractivity contribution in [3.63, 3.8) is 0 Å². The molecule has 1 aliphatic heterocycles. The molecule has 0 aromatic heterocycles. The third kappa shape index (κ3) is 4.44. The lowest BCUT2D eigenvalue weighted by molar-refractivity contribution is 0.194. The third-order valence-corrected chi connectivity index (χ3v) is 4.57. The Balaban J connectivity index is 1.47. The van der Waals surface area contributed by atoms with Crippen LogP contribution in [0.4, 0.5) is 10.5 Å². The van der Waals surface area contributed by atoms with Crippen LogP contribution in [-0.4, -0.2) is 44.2 Å². The van der Waals surface area contributed by atoms with Crippen LogP contribution < -0.4 is 15.0 Å². The summed E-state index contributed by atoms with van der Waals surface area (Å²) >= 11 is 0. The molecular weight excluding hydrogens is 314 g/mol. The van der Waals surface area contributed by atoms with Gasteiger partial charge in [-0.2, -0.15) is 0 Å². The Bertz CT molecular complexity index is 690. The maximum atomic E-state index is 12.4. The number of ether oxygens (including phenoxy) is 1. The lowest BCUT2D eigenvalue weighted by Gasteiger charge is -2.36. The van der Waals surface area contributed by atoms with Gasteiger partial charge in [0.15, 0.2) is 0 Å². The van der Waals surface area contributed by atoms with E-state index in [4.69, 9.17) is 4.74 Å². The molecule has 3 rings (SSSR count). The van der Waals surface area contributed by atoms with E-state index in [1.54, 1.807) is 7.11 Å². The highest BCUT2D eigenvalue weighted by molar-refractivity contribution is 5.74. The minimum atomic E-state index is -0.000579. The largest absolute Gasteiger partial charge is 0.497 e. The smallest absolute Gasteiger partial charge is 0.317 e. The van der Waals surface area contributed by atoms with Crippen LogP contribution in [0.3, 0.4) is 0 Å². The van der Waals surface area contributed by atoms with Gasteiger partial charge in [-0.05, 0) is 36.8 Å². The van der Waals surface area contributed by atoms with Crippen molar-refractivity contribution < 1.29 is 9.53 Å². The Morgan fingerprint density at radius 1 is 1.00 bits per heavy atom. The lowest BCUT2D eigenvalue weighted by Crippen LogP contribution is -2.51. The number of aryl methyl sites for hydroxylation is 1. The number of anilines is 1. The lowest BCUT2D eigenvalue weighted by atomic mass is 10.2. The van der Waals surface area contributed by atoms with Gasteiger partial charge in [0.1, 0.15) is 5.75 Å². The summed E-state index contributed by atoms with van der Waals surface area (Å²) in [5.41, 5.74) is 3.55. The molecule has 0 atom stereocenters. The first-order valence-corrected chi connectivity index (χ1v) is 8.63. The van der Waals surface area contributed by atoms with Crippen molar-refractivity contribution in [2.75, 3.05) is 38.2 Å². The molecule has 0 aliphatic carbocycles. The number of amides is 2. The van der Waals surface area contributed by atoms with Gasteiger partial charge in [-0.1, -0.05) is 29.8 Å². The van der Waals surface area contributed by atoms with Crippen LogP contribution >= 0.6 is 0 Å². The van der Waals surface area contributed by atoms with E-state index in [9.17, 15) is 4.79 Å². The molecule has 5 heteroatoms. The van der Waals surface area contributed by atoms with Crippen LogP contribution in [0.15, 0.2) is 48.5 Å². The number of methoxy groups -OCH3 is 1. The van der Waals surface area contributed by atoms with Gasteiger partial charge in [-0.25, -0.2) is 4.79 Å². The molecule has 1 N–H and O–H groups in total. The standard InChI is InChI=1S/C20H25N3O2/c1-16-3-7-18(8-4-16)22-11-13-23(14-12-22)20(24)21-15-17-5-9-19(25-2)10-6-17/h3-10H,11-15H2,1-2H3,(H,21,24). The summed E-state index contributed by atoms with van der Waals surface area (Å²) in [6.07, 6.45) is 0.